The summed E-state index contributed by atoms with van der Waals surface area (Å²) < 4.78 is 0. The van der Waals surface area contributed by atoms with Crippen molar-refractivity contribution in [2.45, 2.75) is 31.8 Å². The van der Waals surface area contributed by atoms with Gasteiger partial charge in [0.15, 0.2) is 0 Å². The molecule has 68 valence electrons. The molecule has 1 saturated carbocycles. The second kappa shape index (κ2) is 3.05. The summed E-state index contributed by atoms with van der Waals surface area (Å²) in [5.74, 6) is 0.999. The van der Waals surface area contributed by atoms with Gasteiger partial charge in [-0.1, -0.05) is 12.8 Å². The van der Waals surface area contributed by atoms with Gasteiger partial charge in [0.25, 0.3) is 0 Å². The van der Waals surface area contributed by atoms with Crippen LogP contribution in [-0.2, 0) is 4.79 Å². The van der Waals surface area contributed by atoms with Crippen molar-refractivity contribution >= 4 is 5.91 Å². The van der Waals surface area contributed by atoms with E-state index in [1.54, 1.807) is 4.90 Å². The van der Waals surface area contributed by atoms with Crippen LogP contribution >= 0.6 is 0 Å². The van der Waals surface area contributed by atoms with Gasteiger partial charge in [-0.05, 0) is 12.3 Å². The van der Waals surface area contributed by atoms with Crippen molar-refractivity contribution in [2.24, 2.45) is 5.92 Å². The number of likely N-dealkylation sites (tertiary alicyclic amines) is 1. The van der Waals surface area contributed by atoms with Crippen LogP contribution in [0.5, 0.6) is 0 Å². The van der Waals surface area contributed by atoms with Gasteiger partial charge in [0.1, 0.15) is 0 Å². The zero-order valence-electron chi connectivity index (χ0n) is 7.20. The Morgan fingerprint density at radius 2 is 2.25 bits per heavy atom. The lowest BCUT2D eigenvalue weighted by molar-refractivity contribution is -0.127. The summed E-state index contributed by atoms with van der Waals surface area (Å²) in [7, 11) is 0. The highest BCUT2D eigenvalue weighted by Gasteiger charge is 2.29. The van der Waals surface area contributed by atoms with E-state index in [2.05, 4.69) is 0 Å². The summed E-state index contributed by atoms with van der Waals surface area (Å²) in [6, 6.07) is 0. The van der Waals surface area contributed by atoms with Crippen molar-refractivity contribution < 1.29 is 9.90 Å². The molecule has 1 heterocycles. The van der Waals surface area contributed by atoms with Crippen molar-refractivity contribution in [3.63, 3.8) is 0 Å². The Kier molecular flexibility index (Phi) is 2.05. The largest absolute Gasteiger partial charge is 0.391 e. The maximum atomic E-state index is 11.2. The maximum absolute atomic E-state index is 11.2. The van der Waals surface area contributed by atoms with Crippen LogP contribution in [0.4, 0.5) is 0 Å². The van der Waals surface area contributed by atoms with Crippen molar-refractivity contribution in [1.82, 2.24) is 4.90 Å². The Bertz CT molecular complexity index is 189. The van der Waals surface area contributed by atoms with Crippen molar-refractivity contribution in [1.29, 1.82) is 0 Å². The van der Waals surface area contributed by atoms with E-state index in [0.717, 1.165) is 18.9 Å². The summed E-state index contributed by atoms with van der Waals surface area (Å²) >= 11 is 0. The minimum Gasteiger partial charge on any atom is -0.391 e. The van der Waals surface area contributed by atoms with Crippen LogP contribution in [-0.4, -0.2) is 35.1 Å². The predicted octanol–water partition coefficient (Wildman–Crippen LogP) is 0.380. The van der Waals surface area contributed by atoms with Gasteiger partial charge < -0.3 is 10.0 Å². The van der Waals surface area contributed by atoms with Gasteiger partial charge in [-0.3, -0.25) is 4.79 Å². The van der Waals surface area contributed by atoms with Gasteiger partial charge in [0.05, 0.1) is 12.5 Å². The van der Waals surface area contributed by atoms with Crippen LogP contribution < -0.4 is 0 Å². The monoisotopic (exact) mass is 169 g/mol. The molecule has 3 nitrogen and oxygen atoms in total. The molecule has 1 N–H and O–H groups in total. The number of aliphatic hydroxyl groups is 1. The Morgan fingerprint density at radius 3 is 2.75 bits per heavy atom. The predicted molar refractivity (Wildman–Crippen MR) is 44.5 cm³/mol. The fourth-order valence-corrected chi connectivity index (χ4v) is 1.71. The first-order valence-corrected chi connectivity index (χ1v) is 4.71. The average Bonchev–Trinajstić information content (AvgIpc) is 2.76. The standard InChI is InChI=1S/C9H15NO2/c11-8-5-9(12)10(6-8)4-3-7-1-2-7/h7-8,11H,1-6H2. The van der Waals surface area contributed by atoms with E-state index in [9.17, 15) is 9.90 Å². The normalized spacial score (nSPS) is 29.9. The molecule has 1 unspecified atom stereocenters. The number of β-amino-alcohol motifs (C(OH)–C–C–N with tert-alkyl or cyclic N) is 1. The van der Waals surface area contributed by atoms with E-state index in [1.165, 1.54) is 12.8 Å². The molecule has 3 heteroatoms. The Morgan fingerprint density at radius 1 is 1.50 bits per heavy atom. The molecule has 0 spiro atoms. The highest BCUT2D eigenvalue weighted by molar-refractivity contribution is 5.78. The van der Waals surface area contributed by atoms with Crippen LogP contribution in [0.3, 0.4) is 0 Å². The minimum atomic E-state index is -0.406. The zero-order valence-corrected chi connectivity index (χ0v) is 7.20. The Labute approximate surface area is 72.4 Å². The molecule has 0 aromatic carbocycles. The van der Waals surface area contributed by atoms with Gasteiger partial charge in [-0.2, -0.15) is 0 Å². The number of hydrogen-bond donors (Lipinski definition) is 1. The summed E-state index contributed by atoms with van der Waals surface area (Å²) in [5, 5.41) is 9.19. The number of carbonyl (C=O) groups is 1. The zero-order chi connectivity index (χ0) is 8.55. The number of carbonyl (C=O) groups excluding carboxylic acids is 1. The molecule has 0 aromatic heterocycles. The number of rotatable bonds is 3. The first-order chi connectivity index (χ1) is 5.75. The molecule has 1 atom stereocenters. The molecule has 1 amide bonds. The topological polar surface area (TPSA) is 40.5 Å². The summed E-state index contributed by atoms with van der Waals surface area (Å²) in [6.45, 7) is 1.42. The van der Waals surface area contributed by atoms with Gasteiger partial charge >= 0.3 is 0 Å². The summed E-state index contributed by atoms with van der Waals surface area (Å²) in [5.41, 5.74) is 0. The lowest BCUT2D eigenvalue weighted by atomic mass is 10.3. The first-order valence-electron chi connectivity index (χ1n) is 4.71. The lowest BCUT2D eigenvalue weighted by Crippen LogP contribution is -2.27. The SMILES string of the molecule is O=C1CC(O)CN1CCC1CC1. The first kappa shape index (κ1) is 8.05. The van der Waals surface area contributed by atoms with Crippen molar-refractivity contribution in [2.75, 3.05) is 13.1 Å². The molecule has 2 rings (SSSR count). The smallest absolute Gasteiger partial charge is 0.225 e. The molecular formula is C9H15NO2. The number of aliphatic hydroxyl groups excluding tert-OH is 1. The van der Waals surface area contributed by atoms with Crippen LogP contribution in [0.2, 0.25) is 0 Å². The molecule has 1 aliphatic heterocycles. The van der Waals surface area contributed by atoms with Crippen molar-refractivity contribution in [3.8, 4) is 0 Å². The Balaban J connectivity index is 1.75. The number of nitrogens with zero attached hydrogens (tertiary/aromatic N) is 1. The third-order valence-corrected chi connectivity index (χ3v) is 2.70. The van der Waals surface area contributed by atoms with Crippen LogP contribution in [0.15, 0.2) is 0 Å². The third kappa shape index (κ3) is 1.78. The number of amides is 1. The molecule has 1 aliphatic carbocycles. The molecular weight excluding hydrogens is 154 g/mol. The van der Waals surface area contributed by atoms with Crippen LogP contribution in [0, 0.1) is 5.92 Å². The summed E-state index contributed by atoms with van der Waals surface area (Å²) in [6.07, 6.45) is 3.75. The second-order valence-corrected chi connectivity index (χ2v) is 3.93. The molecule has 2 fully saturated rings. The number of hydrogen-bond acceptors (Lipinski definition) is 2. The van der Waals surface area contributed by atoms with Gasteiger partial charge in [-0.15, -0.1) is 0 Å². The molecule has 12 heavy (non-hydrogen) atoms. The van der Waals surface area contributed by atoms with E-state index < -0.39 is 6.10 Å². The van der Waals surface area contributed by atoms with Crippen molar-refractivity contribution in [3.05, 3.63) is 0 Å². The third-order valence-electron chi connectivity index (χ3n) is 2.70. The van der Waals surface area contributed by atoms with E-state index in [1.807, 2.05) is 0 Å². The molecule has 0 aromatic rings. The van der Waals surface area contributed by atoms with E-state index in [0.29, 0.717) is 13.0 Å². The highest BCUT2D eigenvalue weighted by Crippen LogP contribution is 2.32. The van der Waals surface area contributed by atoms with E-state index >= 15 is 0 Å². The molecule has 1 saturated heterocycles. The summed E-state index contributed by atoms with van der Waals surface area (Å²) in [4.78, 5) is 13.0. The van der Waals surface area contributed by atoms with E-state index in [-0.39, 0.29) is 5.91 Å². The highest BCUT2D eigenvalue weighted by atomic mass is 16.3. The van der Waals surface area contributed by atoms with E-state index in [4.69, 9.17) is 0 Å². The lowest BCUT2D eigenvalue weighted by Gasteiger charge is -2.14. The maximum Gasteiger partial charge on any atom is 0.225 e. The van der Waals surface area contributed by atoms with Crippen LogP contribution in [0.1, 0.15) is 25.7 Å². The van der Waals surface area contributed by atoms with Crippen LogP contribution in [0.25, 0.3) is 0 Å². The van der Waals surface area contributed by atoms with Gasteiger partial charge in [0.2, 0.25) is 5.91 Å². The quantitative estimate of drug-likeness (QED) is 0.663. The molecule has 0 bridgehead atoms. The molecule has 2 aliphatic rings. The fraction of sp³-hybridized carbons (Fsp3) is 0.889. The average molecular weight is 169 g/mol. The van der Waals surface area contributed by atoms with Gasteiger partial charge in [-0.25, -0.2) is 0 Å². The second-order valence-electron chi connectivity index (χ2n) is 3.93. The fourth-order valence-electron chi connectivity index (χ4n) is 1.71. The Hall–Kier alpha value is -0.570. The molecule has 0 radical (unpaired) electrons. The van der Waals surface area contributed by atoms with Gasteiger partial charge in [0, 0.05) is 13.1 Å². The minimum absolute atomic E-state index is 0.128.